The van der Waals surface area contributed by atoms with Crippen LogP contribution in [-0.2, 0) is 30.0 Å². The van der Waals surface area contributed by atoms with Gasteiger partial charge in [-0.1, -0.05) is 0 Å². The van der Waals surface area contributed by atoms with Gasteiger partial charge in [0.1, 0.15) is 0 Å². The van der Waals surface area contributed by atoms with E-state index in [1.807, 2.05) is 6.92 Å². The van der Waals surface area contributed by atoms with Gasteiger partial charge in [0.25, 0.3) is 5.56 Å². The molecule has 0 aliphatic carbocycles. The van der Waals surface area contributed by atoms with Crippen LogP contribution in [0.25, 0.3) is 6.08 Å². The monoisotopic (exact) mass is 335 g/mol. The van der Waals surface area contributed by atoms with Crippen molar-refractivity contribution in [2.24, 2.45) is 14.1 Å². The maximum atomic E-state index is 11.9. The summed E-state index contributed by atoms with van der Waals surface area (Å²) >= 11 is 1.52. The Bertz CT molecular complexity index is 860. The number of ether oxygens (including phenoxy) is 1. The predicted molar refractivity (Wildman–Crippen MR) is 87.5 cm³/mol. The minimum atomic E-state index is -0.539. The summed E-state index contributed by atoms with van der Waals surface area (Å²) in [6.07, 6.45) is 4.52. The Kier molecular flexibility index (Phi) is 5.28. The van der Waals surface area contributed by atoms with Crippen LogP contribution in [0.5, 0.6) is 0 Å². The SMILES string of the molecule is Cc1ncsc1CCOC(=O)/C=C/c1cn(C)c(=O)n(C)c1=O. The lowest BCUT2D eigenvalue weighted by atomic mass is 10.3. The molecule has 0 atom stereocenters. The number of aromatic nitrogens is 3. The van der Waals surface area contributed by atoms with E-state index in [0.717, 1.165) is 15.1 Å². The first-order chi connectivity index (χ1) is 10.9. The van der Waals surface area contributed by atoms with Gasteiger partial charge in [0.2, 0.25) is 0 Å². The third-order valence-electron chi connectivity index (χ3n) is 3.29. The molecule has 0 saturated heterocycles. The molecule has 2 heterocycles. The molecule has 7 nitrogen and oxygen atoms in total. The average Bonchev–Trinajstić information content (AvgIpc) is 2.93. The first kappa shape index (κ1) is 16.9. The summed E-state index contributed by atoms with van der Waals surface area (Å²) < 4.78 is 7.35. The molecule has 23 heavy (non-hydrogen) atoms. The van der Waals surface area contributed by atoms with Crippen molar-refractivity contribution in [1.29, 1.82) is 0 Å². The second-order valence-corrected chi connectivity index (χ2v) is 5.89. The number of aryl methyl sites for hydroxylation is 2. The van der Waals surface area contributed by atoms with Crippen molar-refractivity contribution < 1.29 is 9.53 Å². The molecule has 0 unspecified atom stereocenters. The van der Waals surface area contributed by atoms with Gasteiger partial charge < -0.3 is 9.30 Å². The van der Waals surface area contributed by atoms with E-state index < -0.39 is 17.2 Å². The molecule has 2 rings (SSSR count). The normalized spacial score (nSPS) is 11.1. The van der Waals surface area contributed by atoms with Gasteiger partial charge in [-0.15, -0.1) is 11.3 Å². The van der Waals surface area contributed by atoms with E-state index in [1.165, 1.54) is 48.3 Å². The fourth-order valence-electron chi connectivity index (χ4n) is 1.97. The molecule has 0 amide bonds. The lowest BCUT2D eigenvalue weighted by Gasteiger charge is -2.03. The molecule has 0 N–H and O–H groups in total. The first-order valence-corrected chi connectivity index (χ1v) is 7.78. The summed E-state index contributed by atoms with van der Waals surface area (Å²) in [5.74, 6) is -0.539. The van der Waals surface area contributed by atoms with Gasteiger partial charge in [0, 0.05) is 37.7 Å². The molecule has 0 saturated carbocycles. The zero-order valence-corrected chi connectivity index (χ0v) is 13.9. The van der Waals surface area contributed by atoms with Crippen LogP contribution in [0.3, 0.4) is 0 Å². The summed E-state index contributed by atoms with van der Waals surface area (Å²) in [6, 6.07) is 0. The Labute approximate surface area is 136 Å². The molecule has 0 fully saturated rings. The second kappa shape index (κ2) is 7.19. The Morgan fingerprint density at radius 3 is 2.78 bits per heavy atom. The van der Waals surface area contributed by atoms with E-state index in [2.05, 4.69) is 4.98 Å². The summed E-state index contributed by atoms with van der Waals surface area (Å²) in [4.78, 5) is 40.3. The molecule has 0 aromatic carbocycles. The van der Waals surface area contributed by atoms with Crippen molar-refractivity contribution in [3.63, 3.8) is 0 Å². The van der Waals surface area contributed by atoms with Crippen LogP contribution in [0.4, 0.5) is 0 Å². The molecule has 0 aliphatic rings. The van der Waals surface area contributed by atoms with Gasteiger partial charge in [-0.3, -0.25) is 9.36 Å². The lowest BCUT2D eigenvalue weighted by molar-refractivity contribution is -0.137. The van der Waals surface area contributed by atoms with Gasteiger partial charge in [0.15, 0.2) is 0 Å². The molecule has 2 aromatic heterocycles. The Hall–Kier alpha value is -2.48. The molecule has 0 spiro atoms. The van der Waals surface area contributed by atoms with E-state index in [1.54, 1.807) is 5.51 Å². The highest BCUT2D eigenvalue weighted by atomic mass is 32.1. The second-order valence-electron chi connectivity index (χ2n) is 4.95. The predicted octanol–water partition coefficient (Wildman–Crippen LogP) is 0.648. The minimum absolute atomic E-state index is 0.241. The highest BCUT2D eigenvalue weighted by molar-refractivity contribution is 7.09. The van der Waals surface area contributed by atoms with Crippen molar-refractivity contribution in [3.8, 4) is 0 Å². The van der Waals surface area contributed by atoms with E-state index in [0.29, 0.717) is 6.42 Å². The average molecular weight is 335 g/mol. The molecule has 8 heteroatoms. The van der Waals surface area contributed by atoms with Gasteiger partial charge in [0.05, 0.1) is 23.4 Å². The molecule has 0 radical (unpaired) electrons. The van der Waals surface area contributed by atoms with Crippen LogP contribution in [0, 0.1) is 6.92 Å². The molecule has 2 aromatic rings. The number of esters is 1. The molecular formula is C15H17N3O4S. The first-order valence-electron chi connectivity index (χ1n) is 6.90. The third-order valence-corrected chi connectivity index (χ3v) is 4.29. The fourth-order valence-corrected chi connectivity index (χ4v) is 2.73. The van der Waals surface area contributed by atoms with Crippen molar-refractivity contribution in [3.05, 3.63) is 54.8 Å². The van der Waals surface area contributed by atoms with Gasteiger partial charge in [-0.2, -0.15) is 0 Å². The van der Waals surface area contributed by atoms with E-state index in [-0.39, 0.29) is 12.2 Å². The van der Waals surface area contributed by atoms with Crippen LogP contribution in [0.2, 0.25) is 0 Å². The number of hydrogen-bond donors (Lipinski definition) is 0. The van der Waals surface area contributed by atoms with E-state index in [4.69, 9.17) is 4.74 Å². The number of carbonyl (C=O) groups excluding carboxylic acids is 1. The number of hydrogen-bond acceptors (Lipinski definition) is 6. The highest BCUT2D eigenvalue weighted by Gasteiger charge is 2.06. The summed E-state index contributed by atoms with van der Waals surface area (Å²) in [5.41, 5.74) is 2.05. The van der Waals surface area contributed by atoms with Gasteiger partial charge >= 0.3 is 11.7 Å². The summed E-state index contributed by atoms with van der Waals surface area (Å²) in [6.45, 7) is 2.15. The van der Waals surface area contributed by atoms with Crippen LogP contribution in [0.1, 0.15) is 16.1 Å². The van der Waals surface area contributed by atoms with Crippen LogP contribution in [-0.4, -0.2) is 26.7 Å². The fraction of sp³-hybridized carbons (Fsp3) is 0.333. The molecule has 122 valence electrons. The van der Waals surface area contributed by atoms with Crippen molar-refractivity contribution >= 4 is 23.4 Å². The minimum Gasteiger partial charge on any atom is -0.462 e. The van der Waals surface area contributed by atoms with E-state index >= 15 is 0 Å². The number of carbonyl (C=O) groups is 1. The third kappa shape index (κ3) is 4.04. The number of nitrogens with zero attached hydrogens (tertiary/aromatic N) is 3. The zero-order chi connectivity index (χ0) is 17.0. The van der Waals surface area contributed by atoms with Gasteiger partial charge in [-0.25, -0.2) is 14.6 Å². The van der Waals surface area contributed by atoms with Crippen LogP contribution in [0.15, 0.2) is 27.4 Å². The quantitative estimate of drug-likeness (QED) is 0.592. The number of thiazole rings is 1. The maximum absolute atomic E-state index is 11.9. The van der Waals surface area contributed by atoms with Crippen LogP contribution >= 0.6 is 11.3 Å². The van der Waals surface area contributed by atoms with Crippen molar-refractivity contribution in [2.75, 3.05) is 6.61 Å². The topological polar surface area (TPSA) is 83.2 Å². The lowest BCUT2D eigenvalue weighted by Crippen LogP contribution is -2.37. The summed E-state index contributed by atoms with van der Waals surface area (Å²) in [5, 5.41) is 0. The zero-order valence-electron chi connectivity index (χ0n) is 13.1. The smallest absolute Gasteiger partial charge is 0.330 e. The maximum Gasteiger partial charge on any atom is 0.330 e. The molecule has 0 aliphatic heterocycles. The summed E-state index contributed by atoms with van der Waals surface area (Å²) in [7, 11) is 2.92. The van der Waals surface area contributed by atoms with E-state index in [9.17, 15) is 14.4 Å². The Morgan fingerprint density at radius 1 is 1.39 bits per heavy atom. The Morgan fingerprint density at radius 2 is 2.13 bits per heavy atom. The van der Waals surface area contributed by atoms with Crippen molar-refractivity contribution in [2.45, 2.75) is 13.3 Å². The van der Waals surface area contributed by atoms with Crippen molar-refractivity contribution in [1.82, 2.24) is 14.1 Å². The van der Waals surface area contributed by atoms with Crippen LogP contribution < -0.4 is 11.2 Å². The Balaban J connectivity index is 1.98. The standard InChI is InChI=1S/C15H17N3O4S/c1-10-12(23-9-16-10)6-7-22-13(19)5-4-11-8-17(2)15(21)18(3)14(11)20/h4-5,8-9H,6-7H2,1-3H3/b5-4+. The molecule has 0 bridgehead atoms. The largest absolute Gasteiger partial charge is 0.462 e. The molecular weight excluding hydrogens is 318 g/mol. The highest BCUT2D eigenvalue weighted by Crippen LogP contribution is 2.12. The van der Waals surface area contributed by atoms with Gasteiger partial charge in [-0.05, 0) is 13.0 Å². The number of rotatable bonds is 5.